The van der Waals surface area contributed by atoms with E-state index in [1.54, 1.807) is 19.1 Å². The average molecular weight is 423 g/mol. The molecule has 3 amide bonds. The van der Waals surface area contributed by atoms with Gasteiger partial charge >= 0.3 is 6.03 Å². The SMILES string of the molecule is Cc1nc(NC(=O)N2CCCC2C(N)=O)sc1-c1ccnc(C(C)(CF)CF)c1. The topological polar surface area (TPSA) is 101 Å². The van der Waals surface area contributed by atoms with Crippen LogP contribution in [0.25, 0.3) is 10.4 Å². The summed E-state index contributed by atoms with van der Waals surface area (Å²) in [4.78, 5) is 34.7. The van der Waals surface area contributed by atoms with Crippen molar-refractivity contribution in [3.05, 3.63) is 29.7 Å². The fourth-order valence-electron chi connectivity index (χ4n) is 3.26. The second kappa shape index (κ2) is 8.40. The lowest BCUT2D eigenvalue weighted by Crippen LogP contribution is -2.45. The maximum Gasteiger partial charge on any atom is 0.324 e. The molecule has 1 aliphatic heterocycles. The Kier molecular flexibility index (Phi) is 6.11. The van der Waals surface area contributed by atoms with Gasteiger partial charge in [-0.05, 0) is 44.4 Å². The number of hydrogen-bond donors (Lipinski definition) is 2. The third kappa shape index (κ3) is 4.21. The number of anilines is 1. The molecule has 0 radical (unpaired) electrons. The van der Waals surface area contributed by atoms with Crippen molar-refractivity contribution in [2.24, 2.45) is 5.73 Å². The fraction of sp³-hybridized carbons (Fsp3) is 0.474. The minimum absolute atomic E-state index is 0.319. The third-order valence-electron chi connectivity index (χ3n) is 5.08. The van der Waals surface area contributed by atoms with Crippen molar-refractivity contribution in [3.63, 3.8) is 0 Å². The van der Waals surface area contributed by atoms with Crippen LogP contribution in [0.5, 0.6) is 0 Å². The van der Waals surface area contributed by atoms with Gasteiger partial charge in [0, 0.05) is 12.7 Å². The molecular weight excluding hydrogens is 400 g/mol. The first kappa shape index (κ1) is 21.1. The van der Waals surface area contributed by atoms with Crippen LogP contribution >= 0.6 is 11.3 Å². The summed E-state index contributed by atoms with van der Waals surface area (Å²) < 4.78 is 26.7. The highest BCUT2D eigenvalue weighted by Crippen LogP contribution is 2.35. The first-order valence-electron chi connectivity index (χ1n) is 9.22. The first-order chi connectivity index (χ1) is 13.8. The Morgan fingerprint density at radius 2 is 2.14 bits per heavy atom. The lowest BCUT2D eigenvalue weighted by Gasteiger charge is -2.22. The molecule has 10 heteroatoms. The van der Waals surface area contributed by atoms with E-state index in [9.17, 15) is 18.4 Å². The van der Waals surface area contributed by atoms with Gasteiger partial charge in [-0.25, -0.2) is 18.6 Å². The zero-order valence-electron chi connectivity index (χ0n) is 16.2. The quantitative estimate of drug-likeness (QED) is 0.745. The Labute approximate surface area is 171 Å². The number of aryl methyl sites for hydroxylation is 1. The van der Waals surface area contributed by atoms with Crippen molar-refractivity contribution in [2.75, 3.05) is 25.2 Å². The highest BCUT2D eigenvalue weighted by Gasteiger charge is 2.33. The van der Waals surface area contributed by atoms with Gasteiger partial charge < -0.3 is 10.6 Å². The van der Waals surface area contributed by atoms with Crippen LogP contribution in [0, 0.1) is 6.92 Å². The van der Waals surface area contributed by atoms with Crippen LogP contribution in [0.4, 0.5) is 18.7 Å². The monoisotopic (exact) mass is 423 g/mol. The van der Waals surface area contributed by atoms with E-state index in [0.717, 1.165) is 10.4 Å². The summed E-state index contributed by atoms with van der Waals surface area (Å²) in [5.41, 5.74) is 5.76. The van der Waals surface area contributed by atoms with Crippen molar-refractivity contribution in [1.82, 2.24) is 14.9 Å². The van der Waals surface area contributed by atoms with E-state index in [4.69, 9.17) is 5.73 Å². The number of nitrogens with two attached hydrogens (primary N) is 1. The van der Waals surface area contributed by atoms with Crippen LogP contribution in [0.15, 0.2) is 18.3 Å². The summed E-state index contributed by atoms with van der Waals surface area (Å²) in [6.07, 6.45) is 2.77. The average Bonchev–Trinajstić information content (AvgIpc) is 3.34. The number of thiazole rings is 1. The van der Waals surface area contributed by atoms with Gasteiger partial charge in [0.2, 0.25) is 5.91 Å². The normalized spacial score (nSPS) is 16.8. The zero-order valence-corrected chi connectivity index (χ0v) is 17.1. The lowest BCUT2D eigenvalue weighted by molar-refractivity contribution is -0.121. The molecule has 0 aromatic carbocycles. The van der Waals surface area contributed by atoms with Crippen LogP contribution < -0.4 is 11.1 Å². The van der Waals surface area contributed by atoms with Crippen LogP contribution in [0.2, 0.25) is 0 Å². The van der Waals surface area contributed by atoms with Crippen LogP contribution in [-0.2, 0) is 10.2 Å². The maximum absolute atomic E-state index is 13.4. The standard InChI is InChI=1S/C19H23F2N5O2S/c1-11-15(12-5-6-23-14(8-12)19(2,9-20)10-21)29-17(24-11)25-18(28)26-7-3-4-13(26)16(22)27/h5-6,8,13H,3-4,7,9-10H2,1-2H3,(H2,22,27)(H,24,25,28). The minimum atomic E-state index is -1.30. The Morgan fingerprint density at radius 3 is 2.79 bits per heavy atom. The number of rotatable bonds is 6. The number of primary amides is 1. The number of carbonyl (C=O) groups excluding carboxylic acids is 2. The molecular formula is C19H23F2N5O2S. The molecule has 3 rings (SSSR count). The first-order valence-corrected chi connectivity index (χ1v) is 10.0. The highest BCUT2D eigenvalue weighted by atomic mass is 32.1. The van der Waals surface area contributed by atoms with Crippen molar-refractivity contribution in [2.45, 2.75) is 38.1 Å². The number of nitrogens with one attached hydrogen (secondary N) is 1. The molecule has 0 aliphatic carbocycles. The third-order valence-corrected chi connectivity index (χ3v) is 6.20. The van der Waals surface area contributed by atoms with E-state index in [2.05, 4.69) is 15.3 Å². The number of alkyl halides is 2. The van der Waals surface area contributed by atoms with Crippen LogP contribution in [-0.4, -0.2) is 52.7 Å². The van der Waals surface area contributed by atoms with Gasteiger partial charge in [-0.3, -0.25) is 15.1 Å². The molecule has 2 aromatic rings. The molecule has 29 heavy (non-hydrogen) atoms. The number of amides is 3. The highest BCUT2D eigenvalue weighted by molar-refractivity contribution is 7.19. The number of carbonyl (C=O) groups is 2. The Hall–Kier alpha value is -2.62. The van der Waals surface area contributed by atoms with E-state index in [0.29, 0.717) is 35.9 Å². The van der Waals surface area contributed by atoms with Gasteiger partial charge in [-0.2, -0.15) is 0 Å². The summed E-state index contributed by atoms with van der Waals surface area (Å²) in [5, 5.41) is 3.09. The molecule has 7 nitrogen and oxygen atoms in total. The fourth-order valence-corrected chi connectivity index (χ4v) is 4.21. The van der Waals surface area contributed by atoms with Gasteiger partial charge in [0.05, 0.1) is 21.7 Å². The molecule has 3 N–H and O–H groups in total. The minimum Gasteiger partial charge on any atom is -0.368 e. The number of pyridine rings is 1. The van der Waals surface area contributed by atoms with E-state index < -0.39 is 36.7 Å². The van der Waals surface area contributed by atoms with Crippen LogP contribution in [0.3, 0.4) is 0 Å². The maximum atomic E-state index is 13.4. The Bertz CT molecular complexity index is 916. The Morgan fingerprint density at radius 1 is 1.41 bits per heavy atom. The molecule has 1 unspecified atom stereocenters. The van der Waals surface area contributed by atoms with E-state index >= 15 is 0 Å². The molecule has 0 bridgehead atoms. The summed E-state index contributed by atoms with van der Waals surface area (Å²) in [6.45, 7) is 2.00. The van der Waals surface area contributed by atoms with E-state index in [-0.39, 0.29) is 0 Å². The molecule has 2 aromatic heterocycles. The molecule has 0 saturated carbocycles. The van der Waals surface area contributed by atoms with E-state index in [1.165, 1.54) is 29.4 Å². The number of aromatic nitrogens is 2. The largest absolute Gasteiger partial charge is 0.368 e. The summed E-state index contributed by atoms with van der Waals surface area (Å²) in [7, 11) is 0. The predicted molar refractivity (Wildman–Crippen MR) is 107 cm³/mol. The van der Waals surface area contributed by atoms with Gasteiger partial charge in [0.1, 0.15) is 19.4 Å². The number of likely N-dealkylation sites (tertiary alicyclic amines) is 1. The Balaban J connectivity index is 1.82. The smallest absolute Gasteiger partial charge is 0.324 e. The summed E-state index contributed by atoms with van der Waals surface area (Å²) >= 11 is 1.24. The van der Waals surface area contributed by atoms with Gasteiger partial charge in [0.15, 0.2) is 5.13 Å². The number of nitrogens with zero attached hydrogens (tertiary/aromatic N) is 3. The number of halogens is 2. The summed E-state index contributed by atoms with van der Waals surface area (Å²) in [6, 6.07) is 2.34. The number of urea groups is 1. The van der Waals surface area contributed by atoms with Crippen molar-refractivity contribution >= 4 is 28.4 Å². The molecule has 1 fully saturated rings. The summed E-state index contributed by atoms with van der Waals surface area (Å²) in [5.74, 6) is -0.526. The molecule has 1 saturated heterocycles. The second-order valence-corrected chi connectivity index (χ2v) is 8.37. The molecule has 1 atom stereocenters. The van der Waals surface area contributed by atoms with Crippen LogP contribution in [0.1, 0.15) is 31.2 Å². The van der Waals surface area contributed by atoms with Crippen molar-refractivity contribution in [3.8, 4) is 10.4 Å². The predicted octanol–water partition coefficient (Wildman–Crippen LogP) is 3.19. The van der Waals surface area contributed by atoms with Crippen molar-refractivity contribution in [1.29, 1.82) is 0 Å². The molecule has 1 aliphatic rings. The van der Waals surface area contributed by atoms with Gasteiger partial charge in [0.25, 0.3) is 0 Å². The second-order valence-electron chi connectivity index (χ2n) is 7.38. The number of hydrogen-bond acceptors (Lipinski definition) is 5. The van der Waals surface area contributed by atoms with Gasteiger partial charge in [-0.1, -0.05) is 11.3 Å². The van der Waals surface area contributed by atoms with E-state index in [1.807, 2.05) is 0 Å². The molecule has 3 heterocycles. The molecule has 0 spiro atoms. The van der Waals surface area contributed by atoms with Gasteiger partial charge in [-0.15, -0.1) is 0 Å². The zero-order chi connectivity index (χ0) is 21.2. The van der Waals surface area contributed by atoms with Crippen molar-refractivity contribution < 1.29 is 18.4 Å². The lowest BCUT2D eigenvalue weighted by atomic mass is 9.88. The molecule has 156 valence electrons.